The van der Waals surface area contributed by atoms with Gasteiger partial charge in [-0.1, -0.05) is 6.07 Å². The molecule has 0 aliphatic heterocycles. The van der Waals surface area contributed by atoms with Gasteiger partial charge in [0.15, 0.2) is 0 Å². The number of thiophene rings is 1. The molecule has 2 heterocycles. The number of nitrogen functional groups attached to an aromatic ring is 1. The molecule has 2 aromatic heterocycles. The van der Waals surface area contributed by atoms with E-state index in [9.17, 15) is 0 Å². The number of hydrogen-bond acceptors (Lipinski definition) is 7. The third-order valence-electron chi connectivity index (χ3n) is 2.99. The predicted molar refractivity (Wildman–Crippen MR) is 84.2 cm³/mol. The van der Waals surface area contributed by atoms with Crippen LogP contribution in [0, 0.1) is 0 Å². The van der Waals surface area contributed by atoms with Crippen LogP contribution in [-0.2, 0) is 6.54 Å². The fourth-order valence-electron chi connectivity index (χ4n) is 1.89. The van der Waals surface area contributed by atoms with Gasteiger partial charge in [-0.2, -0.15) is 15.0 Å². The zero-order valence-corrected chi connectivity index (χ0v) is 12.9. The van der Waals surface area contributed by atoms with Crippen molar-refractivity contribution >= 4 is 29.2 Å². The molecule has 0 unspecified atom stereocenters. The van der Waals surface area contributed by atoms with Gasteiger partial charge in [0, 0.05) is 25.0 Å². The molecule has 108 valence electrons. The third-order valence-corrected chi connectivity index (χ3v) is 3.85. The number of nitrogens with two attached hydrogens (primary N) is 1. The molecule has 2 aromatic rings. The molecule has 0 radical (unpaired) electrons. The normalized spacial score (nSPS) is 10.6. The summed E-state index contributed by atoms with van der Waals surface area (Å²) in [5, 5.41) is 2.06. The second-order valence-electron chi connectivity index (χ2n) is 4.40. The average molecular weight is 292 g/mol. The van der Waals surface area contributed by atoms with Crippen molar-refractivity contribution in [3.63, 3.8) is 0 Å². The van der Waals surface area contributed by atoms with E-state index >= 15 is 0 Å². The maximum Gasteiger partial charge on any atom is 0.232 e. The van der Waals surface area contributed by atoms with Gasteiger partial charge in [-0.15, -0.1) is 11.3 Å². The van der Waals surface area contributed by atoms with Gasteiger partial charge in [0.25, 0.3) is 0 Å². The van der Waals surface area contributed by atoms with Crippen molar-refractivity contribution in [1.29, 1.82) is 0 Å². The molecule has 0 saturated carbocycles. The van der Waals surface area contributed by atoms with E-state index in [0.717, 1.165) is 19.6 Å². The van der Waals surface area contributed by atoms with Gasteiger partial charge >= 0.3 is 0 Å². The summed E-state index contributed by atoms with van der Waals surface area (Å²) >= 11 is 1.72. The third kappa shape index (κ3) is 3.36. The molecular weight excluding hydrogens is 272 g/mol. The molecule has 2 N–H and O–H groups in total. The highest BCUT2D eigenvalue weighted by molar-refractivity contribution is 7.09. The highest BCUT2D eigenvalue weighted by Crippen LogP contribution is 2.18. The van der Waals surface area contributed by atoms with Crippen LogP contribution in [0.2, 0.25) is 0 Å². The van der Waals surface area contributed by atoms with E-state index in [4.69, 9.17) is 5.73 Å². The Morgan fingerprint density at radius 1 is 1.15 bits per heavy atom. The minimum Gasteiger partial charge on any atom is -0.368 e. The zero-order valence-electron chi connectivity index (χ0n) is 12.1. The van der Waals surface area contributed by atoms with Gasteiger partial charge in [0.2, 0.25) is 17.8 Å². The lowest BCUT2D eigenvalue weighted by Crippen LogP contribution is -2.27. The molecule has 7 heteroatoms. The summed E-state index contributed by atoms with van der Waals surface area (Å²) < 4.78 is 0. The first kappa shape index (κ1) is 14.5. The van der Waals surface area contributed by atoms with Gasteiger partial charge in [-0.3, -0.25) is 0 Å². The second-order valence-corrected chi connectivity index (χ2v) is 5.43. The van der Waals surface area contributed by atoms with E-state index in [0.29, 0.717) is 11.9 Å². The van der Waals surface area contributed by atoms with Crippen molar-refractivity contribution in [3.8, 4) is 0 Å². The van der Waals surface area contributed by atoms with Crippen LogP contribution in [0.5, 0.6) is 0 Å². The number of aromatic nitrogens is 3. The lowest BCUT2D eigenvalue weighted by Gasteiger charge is -2.21. The number of nitrogens with zero attached hydrogens (tertiary/aromatic N) is 5. The maximum absolute atomic E-state index is 5.80. The topological polar surface area (TPSA) is 71.2 Å². The van der Waals surface area contributed by atoms with Crippen LogP contribution in [0.25, 0.3) is 0 Å². The first-order valence-electron chi connectivity index (χ1n) is 6.64. The number of rotatable bonds is 6. The minimum absolute atomic E-state index is 0.259. The van der Waals surface area contributed by atoms with Crippen molar-refractivity contribution in [3.05, 3.63) is 22.4 Å². The molecule has 0 bridgehead atoms. The Kier molecular flexibility index (Phi) is 4.73. The molecule has 0 aliphatic carbocycles. The smallest absolute Gasteiger partial charge is 0.232 e. The molecule has 0 spiro atoms. The van der Waals surface area contributed by atoms with Crippen molar-refractivity contribution in [2.45, 2.75) is 20.4 Å². The van der Waals surface area contributed by atoms with E-state index < -0.39 is 0 Å². The monoisotopic (exact) mass is 292 g/mol. The predicted octanol–water partition coefficient (Wildman–Crippen LogP) is 2.00. The van der Waals surface area contributed by atoms with E-state index in [-0.39, 0.29) is 5.95 Å². The van der Waals surface area contributed by atoms with Gasteiger partial charge in [-0.05, 0) is 25.3 Å². The molecule has 0 atom stereocenters. The van der Waals surface area contributed by atoms with Gasteiger partial charge in [0.05, 0.1) is 6.54 Å². The van der Waals surface area contributed by atoms with Crippen LogP contribution in [0.4, 0.5) is 17.8 Å². The molecule has 2 rings (SSSR count). The Balaban J connectivity index is 2.22. The lowest BCUT2D eigenvalue weighted by atomic mass is 10.4. The van der Waals surface area contributed by atoms with Crippen LogP contribution >= 0.6 is 11.3 Å². The summed E-state index contributed by atoms with van der Waals surface area (Å²) in [7, 11) is 1.96. The Morgan fingerprint density at radius 2 is 1.85 bits per heavy atom. The molecule has 20 heavy (non-hydrogen) atoms. The van der Waals surface area contributed by atoms with E-state index in [1.54, 1.807) is 11.3 Å². The fourth-order valence-corrected chi connectivity index (χ4v) is 2.65. The Hall–Kier alpha value is -1.89. The van der Waals surface area contributed by atoms with Crippen molar-refractivity contribution in [2.24, 2.45) is 0 Å². The second kappa shape index (κ2) is 6.51. The van der Waals surface area contributed by atoms with Gasteiger partial charge in [-0.25, -0.2) is 0 Å². The summed E-state index contributed by atoms with van der Waals surface area (Å²) in [6, 6.07) is 4.13. The molecule has 0 amide bonds. The van der Waals surface area contributed by atoms with Crippen molar-refractivity contribution in [1.82, 2.24) is 15.0 Å². The summed E-state index contributed by atoms with van der Waals surface area (Å²) in [5.41, 5.74) is 5.80. The van der Waals surface area contributed by atoms with Crippen molar-refractivity contribution < 1.29 is 0 Å². The highest BCUT2D eigenvalue weighted by atomic mass is 32.1. The molecule has 6 nitrogen and oxygen atoms in total. The molecule has 0 fully saturated rings. The highest BCUT2D eigenvalue weighted by Gasteiger charge is 2.13. The van der Waals surface area contributed by atoms with Crippen LogP contribution in [0.1, 0.15) is 18.7 Å². The van der Waals surface area contributed by atoms with Crippen LogP contribution in [0.15, 0.2) is 17.5 Å². The number of anilines is 3. The zero-order chi connectivity index (χ0) is 14.5. The van der Waals surface area contributed by atoms with Crippen LogP contribution in [0.3, 0.4) is 0 Å². The number of hydrogen-bond donors (Lipinski definition) is 1. The molecule has 0 saturated heterocycles. The minimum atomic E-state index is 0.259. The van der Waals surface area contributed by atoms with Crippen molar-refractivity contribution in [2.75, 3.05) is 35.7 Å². The molecule has 0 aromatic carbocycles. The summed E-state index contributed by atoms with van der Waals surface area (Å²) in [6.45, 7) is 6.58. The van der Waals surface area contributed by atoms with Crippen LogP contribution in [-0.4, -0.2) is 35.1 Å². The van der Waals surface area contributed by atoms with Gasteiger partial charge in [0.1, 0.15) is 0 Å². The first-order valence-corrected chi connectivity index (χ1v) is 7.52. The summed E-state index contributed by atoms with van der Waals surface area (Å²) in [6.07, 6.45) is 0. The van der Waals surface area contributed by atoms with Crippen LogP contribution < -0.4 is 15.5 Å². The summed E-state index contributed by atoms with van der Waals surface area (Å²) in [5.74, 6) is 1.50. The maximum atomic E-state index is 5.80. The fraction of sp³-hybridized carbons (Fsp3) is 0.462. The Morgan fingerprint density at radius 3 is 2.45 bits per heavy atom. The van der Waals surface area contributed by atoms with E-state index in [1.165, 1.54) is 4.88 Å². The average Bonchev–Trinajstić information content (AvgIpc) is 2.92. The van der Waals surface area contributed by atoms with Gasteiger partial charge < -0.3 is 15.5 Å². The molecule has 0 aliphatic rings. The standard InChI is InChI=1S/C13H20N6S/c1-4-19(5-2)13-16-11(14)15-12(17-13)18(3)9-10-7-6-8-20-10/h6-8H,4-5,9H2,1-3H3,(H2,14,15,16,17). The Bertz CT molecular complexity index is 538. The molecular formula is C13H20N6S. The van der Waals surface area contributed by atoms with E-state index in [1.807, 2.05) is 18.0 Å². The lowest BCUT2D eigenvalue weighted by molar-refractivity contribution is 0.796. The largest absolute Gasteiger partial charge is 0.368 e. The summed E-state index contributed by atoms with van der Waals surface area (Å²) in [4.78, 5) is 18.2. The first-order chi connectivity index (χ1) is 9.63. The Labute approximate surface area is 123 Å². The quantitative estimate of drug-likeness (QED) is 0.878. The van der Waals surface area contributed by atoms with E-state index in [2.05, 4.69) is 45.1 Å². The SMILES string of the molecule is CCN(CC)c1nc(N)nc(N(C)Cc2cccs2)n1.